The van der Waals surface area contributed by atoms with E-state index >= 15 is 0 Å². The highest BCUT2D eigenvalue weighted by molar-refractivity contribution is 6.30. The molecule has 2 nitrogen and oxygen atoms in total. The molecule has 6 heteroatoms. The molecule has 0 aliphatic heterocycles. The Kier molecular flexibility index (Phi) is 3.45. The van der Waals surface area contributed by atoms with E-state index in [-0.39, 0.29) is 10.9 Å². The van der Waals surface area contributed by atoms with Gasteiger partial charge in [-0.15, -0.1) is 0 Å². The normalized spacial score (nSPS) is 11.8. The zero-order valence-electron chi connectivity index (χ0n) is 11.0. The largest absolute Gasteiger partial charge is 0.416 e. The molecule has 0 saturated carbocycles. The molecule has 3 rings (SSSR count). The molecule has 1 heterocycles. The standard InChI is InChI=1S/C16H9ClF3NO/c17-11-3-1-2-9(6-11)15-13(8-22)12-7-10(16(18,19)20)4-5-14(12)21-15/h1-8,21H. The lowest BCUT2D eigenvalue weighted by Gasteiger charge is -2.06. The smallest absolute Gasteiger partial charge is 0.354 e. The summed E-state index contributed by atoms with van der Waals surface area (Å²) in [6, 6.07) is 10.0. The molecular weight excluding hydrogens is 315 g/mol. The zero-order valence-corrected chi connectivity index (χ0v) is 11.8. The summed E-state index contributed by atoms with van der Waals surface area (Å²) < 4.78 is 38.5. The van der Waals surface area contributed by atoms with Crippen molar-refractivity contribution in [2.24, 2.45) is 0 Å². The SMILES string of the molecule is O=Cc1c(-c2cccc(Cl)c2)[nH]c2ccc(C(F)(F)F)cc12. The molecule has 112 valence electrons. The molecular formula is C16H9ClF3NO. The fraction of sp³-hybridized carbons (Fsp3) is 0.0625. The Morgan fingerprint density at radius 3 is 2.50 bits per heavy atom. The number of hydrogen-bond donors (Lipinski definition) is 1. The van der Waals surface area contributed by atoms with Gasteiger partial charge in [-0.3, -0.25) is 4.79 Å². The van der Waals surface area contributed by atoms with Crippen LogP contribution in [0.4, 0.5) is 13.2 Å². The Morgan fingerprint density at radius 2 is 1.86 bits per heavy atom. The number of carbonyl (C=O) groups is 1. The topological polar surface area (TPSA) is 32.9 Å². The number of alkyl halides is 3. The highest BCUT2D eigenvalue weighted by Gasteiger charge is 2.31. The second-order valence-corrected chi connectivity index (χ2v) is 5.24. The third kappa shape index (κ3) is 2.48. The average Bonchev–Trinajstić information content (AvgIpc) is 2.83. The number of fused-ring (bicyclic) bond motifs is 1. The average molecular weight is 324 g/mol. The van der Waals surface area contributed by atoms with E-state index in [1.165, 1.54) is 6.07 Å². The fourth-order valence-corrected chi connectivity index (χ4v) is 2.57. The lowest BCUT2D eigenvalue weighted by molar-refractivity contribution is -0.137. The minimum Gasteiger partial charge on any atom is -0.354 e. The summed E-state index contributed by atoms with van der Waals surface area (Å²) in [6.07, 6.45) is -3.91. The molecule has 0 spiro atoms. The van der Waals surface area contributed by atoms with Gasteiger partial charge in [0.25, 0.3) is 0 Å². The molecule has 0 unspecified atom stereocenters. The van der Waals surface area contributed by atoms with Gasteiger partial charge in [-0.25, -0.2) is 0 Å². The highest BCUT2D eigenvalue weighted by Crippen LogP contribution is 2.35. The van der Waals surface area contributed by atoms with Gasteiger partial charge in [0.05, 0.1) is 11.3 Å². The van der Waals surface area contributed by atoms with Crippen molar-refractivity contribution in [2.75, 3.05) is 0 Å². The first-order chi connectivity index (χ1) is 10.4. The van der Waals surface area contributed by atoms with Gasteiger partial charge in [-0.2, -0.15) is 13.2 Å². The van der Waals surface area contributed by atoms with Crippen LogP contribution in [0.3, 0.4) is 0 Å². The monoisotopic (exact) mass is 323 g/mol. The summed E-state index contributed by atoms with van der Waals surface area (Å²) in [6.45, 7) is 0. The first kappa shape index (κ1) is 14.7. The molecule has 0 saturated heterocycles. The van der Waals surface area contributed by atoms with Crippen molar-refractivity contribution in [1.82, 2.24) is 4.98 Å². The van der Waals surface area contributed by atoms with Crippen molar-refractivity contribution < 1.29 is 18.0 Å². The molecule has 22 heavy (non-hydrogen) atoms. The summed E-state index contributed by atoms with van der Waals surface area (Å²) in [4.78, 5) is 14.4. The lowest BCUT2D eigenvalue weighted by Crippen LogP contribution is -2.04. The van der Waals surface area contributed by atoms with E-state index in [1.807, 2.05) is 0 Å². The number of rotatable bonds is 2. The van der Waals surface area contributed by atoms with E-state index in [9.17, 15) is 18.0 Å². The van der Waals surface area contributed by atoms with Crippen molar-refractivity contribution >= 4 is 28.8 Å². The van der Waals surface area contributed by atoms with Crippen molar-refractivity contribution in [3.05, 3.63) is 58.6 Å². The minimum atomic E-state index is -4.46. The van der Waals surface area contributed by atoms with Crippen LogP contribution in [0.2, 0.25) is 5.02 Å². The summed E-state index contributed by atoms with van der Waals surface area (Å²) in [5, 5.41) is 0.712. The lowest BCUT2D eigenvalue weighted by atomic mass is 10.0. The summed E-state index contributed by atoms with van der Waals surface area (Å²) in [5.74, 6) is 0. The second kappa shape index (κ2) is 5.18. The third-order valence-electron chi connectivity index (χ3n) is 3.40. The Labute approximate surface area is 128 Å². The molecule has 3 aromatic rings. The molecule has 1 N–H and O–H groups in total. The Bertz CT molecular complexity index is 867. The van der Waals surface area contributed by atoms with Gasteiger partial charge in [0.1, 0.15) is 0 Å². The molecule has 2 aromatic carbocycles. The molecule has 0 aliphatic rings. The van der Waals surface area contributed by atoms with Crippen LogP contribution in [0.15, 0.2) is 42.5 Å². The number of carbonyl (C=O) groups excluding carboxylic acids is 1. The van der Waals surface area contributed by atoms with Crippen molar-refractivity contribution in [1.29, 1.82) is 0 Å². The maximum absolute atomic E-state index is 12.8. The number of halogens is 4. The second-order valence-electron chi connectivity index (χ2n) is 4.80. The van der Waals surface area contributed by atoms with Crippen LogP contribution < -0.4 is 0 Å². The number of hydrogen-bond acceptors (Lipinski definition) is 1. The predicted molar refractivity (Wildman–Crippen MR) is 79.1 cm³/mol. The molecule has 0 fully saturated rings. The van der Waals surface area contributed by atoms with Gasteiger partial charge in [-0.1, -0.05) is 23.7 Å². The van der Waals surface area contributed by atoms with Crippen molar-refractivity contribution in [2.45, 2.75) is 6.18 Å². The van der Waals surface area contributed by atoms with Crippen LogP contribution in [0, 0.1) is 0 Å². The zero-order chi connectivity index (χ0) is 15.9. The van der Waals surface area contributed by atoms with Gasteiger partial charge < -0.3 is 4.98 Å². The summed E-state index contributed by atoms with van der Waals surface area (Å²) in [5.41, 5.74) is 0.944. The van der Waals surface area contributed by atoms with E-state index in [0.717, 1.165) is 12.1 Å². The number of benzene rings is 2. The van der Waals surface area contributed by atoms with Gasteiger partial charge in [0.2, 0.25) is 0 Å². The van der Waals surface area contributed by atoms with Gasteiger partial charge in [0, 0.05) is 27.1 Å². The van der Waals surface area contributed by atoms with Gasteiger partial charge in [0.15, 0.2) is 6.29 Å². The molecule has 1 aromatic heterocycles. The number of aromatic amines is 1. The van der Waals surface area contributed by atoms with Gasteiger partial charge >= 0.3 is 6.18 Å². The summed E-state index contributed by atoms with van der Waals surface area (Å²) in [7, 11) is 0. The molecule has 0 bridgehead atoms. The van der Waals surface area contributed by atoms with E-state index in [2.05, 4.69) is 4.98 Å². The predicted octanol–water partition coefficient (Wildman–Crippen LogP) is 5.32. The van der Waals surface area contributed by atoms with E-state index < -0.39 is 11.7 Å². The van der Waals surface area contributed by atoms with Crippen molar-refractivity contribution in [3.8, 4) is 11.3 Å². The van der Waals surface area contributed by atoms with Crippen molar-refractivity contribution in [3.63, 3.8) is 0 Å². The number of H-pyrrole nitrogens is 1. The molecule has 0 atom stereocenters. The first-order valence-corrected chi connectivity index (χ1v) is 6.72. The van der Waals surface area contributed by atoms with Gasteiger partial charge in [-0.05, 0) is 30.3 Å². The minimum absolute atomic E-state index is 0.184. The molecule has 0 radical (unpaired) electrons. The molecule has 0 aliphatic carbocycles. The Morgan fingerprint density at radius 1 is 1.09 bits per heavy atom. The Hall–Kier alpha value is -2.27. The maximum atomic E-state index is 12.8. The van der Waals surface area contributed by atoms with Crippen LogP contribution in [-0.4, -0.2) is 11.3 Å². The van der Waals surface area contributed by atoms with E-state index in [4.69, 9.17) is 11.6 Å². The van der Waals surface area contributed by atoms with Crippen LogP contribution in [0.5, 0.6) is 0 Å². The first-order valence-electron chi connectivity index (χ1n) is 6.34. The highest BCUT2D eigenvalue weighted by atomic mass is 35.5. The molecule has 0 amide bonds. The van der Waals surface area contributed by atoms with E-state index in [0.29, 0.717) is 28.1 Å². The number of aldehydes is 1. The summed E-state index contributed by atoms with van der Waals surface area (Å²) >= 11 is 5.92. The van der Waals surface area contributed by atoms with Crippen LogP contribution in [0.25, 0.3) is 22.2 Å². The number of nitrogens with one attached hydrogen (secondary N) is 1. The maximum Gasteiger partial charge on any atom is 0.416 e. The third-order valence-corrected chi connectivity index (χ3v) is 3.63. The fourth-order valence-electron chi connectivity index (χ4n) is 2.38. The van der Waals surface area contributed by atoms with Crippen LogP contribution in [0.1, 0.15) is 15.9 Å². The Balaban J connectivity index is 2.27. The van der Waals surface area contributed by atoms with Crippen LogP contribution in [-0.2, 0) is 6.18 Å². The van der Waals surface area contributed by atoms with Crippen LogP contribution >= 0.6 is 11.6 Å². The quantitative estimate of drug-likeness (QED) is 0.636. The van der Waals surface area contributed by atoms with E-state index in [1.54, 1.807) is 24.3 Å². The number of aromatic nitrogens is 1.